The number of aromatic amines is 1. The lowest BCUT2D eigenvalue weighted by Crippen LogP contribution is -2.11. The van der Waals surface area contributed by atoms with Gasteiger partial charge >= 0.3 is 0 Å². The Morgan fingerprint density at radius 2 is 2.09 bits per heavy atom. The van der Waals surface area contributed by atoms with Gasteiger partial charge in [-0.2, -0.15) is 0 Å². The Morgan fingerprint density at radius 3 is 3.00 bits per heavy atom. The third-order valence-corrected chi connectivity index (χ3v) is 3.80. The lowest BCUT2D eigenvalue weighted by Gasteiger charge is -2.06. The second-order valence-corrected chi connectivity index (χ2v) is 5.29. The number of fused-ring (bicyclic) bond motifs is 2. The number of aryl methyl sites for hydroxylation is 1. The predicted octanol–water partition coefficient (Wildman–Crippen LogP) is 3.31. The summed E-state index contributed by atoms with van der Waals surface area (Å²) in [7, 11) is 1.94. The quantitative estimate of drug-likeness (QED) is 0.595. The molecule has 4 aromatic rings. The molecule has 0 saturated carbocycles. The second-order valence-electron chi connectivity index (χ2n) is 5.29. The Labute approximate surface area is 126 Å². The standard InChI is InChI=1S/C17H14N4O/c1-21-10-19-15-9-13(3-5-16(15)21)20-17(22)12-2-4-14-11(8-12)6-7-18-14/h2-10,18H,1H3,(H,20,22). The Bertz CT molecular complexity index is 996. The zero-order valence-corrected chi connectivity index (χ0v) is 12.0. The number of anilines is 1. The number of aromatic nitrogens is 3. The van der Waals surface area contributed by atoms with Crippen LogP contribution in [0.2, 0.25) is 0 Å². The van der Waals surface area contributed by atoms with Gasteiger partial charge in [-0.3, -0.25) is 4.79 Å². The molecule has 0 saturated heterocycles. The minimum atomic E-state index is -0.126. The van der Waals surface area contributed by atoms with Crippen LogP contribution < -0.4 is 5.32 Å². The molecule has 0 aliphatic carbocycles. The Morgan fingerprint density at radius 1 is 1.18 bits per heavy atom. The molecule has 0 bridgehead atoms. The highest BCUT2D eigenvalue weighted by atomic mass is 16.1. The summed E-state index contributed by atoms with van der Waals surface area (Å²) in [5.74, 6) is -0.126. The van der Waals surface area contributed by atoms with E-state index < -0.39 is 0 Å². The van der Waals surface area contributed by atoms with Crippen LogP contribution in [-0.4, -0.2) is 20.4 Å². The first kappa shape index (κ1) is 12.6. The predicted molar refractivity (Wildman–Crippen MR) is 87.0 cm³/mol. The number of hydrogen-bond acceptors (Lipinski definition) is 2. The van der Waals surface area contributed by atoms with Gasteiger partial charge in [-0.05, 0) is 42.5 Å². The summed E-state index contributed by atoms with van der Waals surface area (Å²) in [6.45, 7) is 0. The fourth-order valence-electron chi connectivity index (χ4n) is 2.61. The van der Waals surface area contributed by atoms with E-state index >= 15 is 0 Å². The van der Waals surface area contributed by atoms with Crippen LogP contribution in [0.5, 0.6) is 0 Å². The number of imidazole rings is 1. The normalized spacial score (nSPS) is 11.1. The molecule has 1 amide bonds. The molecular weight excluding hydrogens is 276 g/mol. The van der Waals surface area contributed by atoms with Gasteiger partial charge in [0.2, 0.25) is 0 Å². The van der Waals surface area contributed by atoms with Gasteiger partial charge in [0.15, 0.2) is 0 Å². The SMILES string of the molecule is Cn1cnc2cc(NC(=O)c3ccc4[nH]ccc4c3)ccc21. The average Bonchev–Trinajstić information content (AvgIpc) is 3.13. The summed E-state index contributed by atoms with van der Waals surface area (Å²) in [6.07, 6.45) is 3.62. The van der Waals surface area contributed by atoms with Gasteiger partial charge < -0.3 is 14.9 Å². The number of carbonyl (C=O) groups is 1. The minimum absolute atomic E-state index is 0.126. The van der Waals surface area contributed by atoms with E-state index in [4.69, 9.17) is 0 Å². The van der Waals surface area contributed by atoms with Crippen LogP contribution in [0, 0.1) is 0 Å². The van der Waals surface area contributed by atoms with Gasteiger partial charge in [-0.1, -0.05) is 0 Å². The number of nitrogens with one attached hydrogen (secondary N) is 2. The molecule has 0 atom stereocenters. The van der Waals surface area contributed by atoms with Crippen molar-refractivity contribution in [1.82, 2.24) is 14.5 Å². The summed E-state index contributed by atoms with van der Waals surface area (Å²) >= 11 is 0. The number of amides is 1. The molecule has 0 aliphatic rings. The van der Waals surface area contributed by atoms with Gasteiger partial charge in [0.25, 0.3) is 5.91 Å². The fraction of sp³-hybridized carbons (Fsp3) is 0.0588. The van der Waals surface area contributed by atoms with E-state index in [1.807, 2.05) is 60.3 Å². The fourth-order valence-corrected chi connectivity index (χ4v) is 2.61. The maximum atomic E-state index is 12.4. The molecule has 2 N–H and O–H groups in total. The smallest absolute Gasteiger partial charge is 0.255 e. The molecule has 5 nitrogen and oxygen atoms in total. The molecule has 4 rings (SSSR count). The molecule has 108 valence electrons. The van der Waals surface area contributed by atoms with Crippen LogP contribution >= 0.6 is 0 Å². The maximum absolute atomic E-state index is 12.4. The Kier molecular flexibility index (Phi) is 2.72. The molecule has 0 spiro atoms. The second kappa shape index (κ2) is 4.73. The lowest BCUT2D eigenvalue weighted by molar-refractivity contribution is 0.102. The maximum Gasteiger partial charge on any atom is 0.255 e. The number of carbonyl (C=O) groups excluding carboxylic acids is 1. The summed E-state index contributed by atoms with van der Waals surface area (Å²) in [5.41, 5.74) is 4.29. The number of nitrogens with zero attached hydrogens (tertiary/aromatic N) is 2. The molecule has 2 aromatic heterocycles. The van der Waals surface area contributed by atoms with E-state index in [0.29, 0.717) is 5.56 Å². The minimum Gasteiger partial charge on any atom is -0.361 e. The van der Waals surface area contributed by atoms with Crippen molar-refractivity contribution in [1.29, 1.82) is 0 Å². The van der Waals surface area contributed by atoms with E-state index in [1.165, 1.54) is 0 Å². The van der Waals surface area contributed by atoms with Crippen LogP contribution in [0.4, 0.5) is 5.69 Å². The molecule has 0 unspecified atom stereocenters. The van der Waals surface area contributed by atoms with E-state index in [-0.39, 0.29) is 5.91 Å². The highest BCUT2D eigenvalue weighted by molar-refractivity contribution is 6.06. The van der Waals surface area contributed by atoms with E-state index in [0.717, 1.165) is 27.6 Å². The van der Waals surface area contributed by atoms with Crippen molar-refractivity contribution in [3.05, 3.63) is 60.6 Å². The van der Waals surface area contributed by atoms with E-state index in [1.54, 1.807) is 6.33 Å². The molecule has 2 heterocycles. The van der Waals surface area contributed by atoms with Gasteiger partial charge in [-0.15, -0.1) is 0 Å². The van der Waals surface area contributed by atoms with E-state index in [9.17, 15) is 4.79 Å². The van der Waals surface area contributed by atoms with Crippen LogP contribution in [0.15, 0.2) is 55.0 Å². The van der Waals surface area contributed by atoms with E-state index in [2.05, 4.69) is 15.3 Å². The van der Waals surface area contributed by atoms with Gasteiger partial charge in [-0.25, -0.2) is 4.98 Å². The van der Waals surface area contributed by atoms with Crippen molar-refractivity contribution in [3.63, 3.8) is 0 Å². The summed E-state index contributed by atoms with van der Waals surface area (Å²) in [4.78, 5) is 19.8. The monoisotopic (exact) mass is 290 g/mol. The number of benzene rings is 2. The number of H-pyrrole nitrogens is 1. The lowest BCUT2D eigenvalue weighted by atomic mass is 10.1. The zero-order chi connectivity index (χ0) is 15.1. The number of hydrogen-bond donors (Lipinski definition) is 2. The average molecular weight is 290 g/mol. The molecule has 22 heavy (non-hydrogen) atoms. The molecule has 0 radical (unpaired) electrons. The topological polar surface area (TPSA) is 62.7 Å². The van der Waals surface area contributed by atoms with Crippen molar-refractivity contribution >= 4 is 33.5 Å². The highest BCUT2D eigenvalue weighted by Crippen LogP contribution is 2.19. The molecule has 0 fully saturated rings. The summed E-state index contributed by atoms with van der Waals surface area (Å²) < 4.78 is 1.95. The first-order valence-electron chi connectivity index (χ1n) is 7.00. The third-order valence-electron chi connectivity index (χ3n) is 3.80. The first-order valence-corrected chi connectivity index (χ1v) is 7.00. The summed E-state index contributed by atoms with van der Waals surface area (Å²) in [5, 5.41) is 3.94. The molecule has 5 heteroatoms. The molecule has 0 aliphatic heterocycles. The molecular formula is C17H14N4O. The Balaban J connectivity index is 1.64. The van der Waals surface area contributed by atoms with Gasteiger partial charge in [0.1, 0.15) is 0 Å². The largest absolute Gasteiger partial charge is 0.361 e. The van der Waals surface area contributed by atoms with Crippen LogP contribution in [0.3, 0.4) is 0 Å². The van der Waals surface area contributed by atoms with Crippen molar-refractivity contribution in [2.75, 3.05) is 5.32 Å². The molecule has 2 aromatic carbocycles. The van der Waals surface area contributed by atoms with Crippen LogP contribution in [0.25, 0.3) is 21.9 Å². The summed E-state index contributed by atoms with van der Waals surface area (Å²) in [6, 6.07) is 13.3. The van der Waals surface area contributed by atoms with Gasteiger partial charge in [0.05, 0.1) is 17.4 Å². The van der Waals surface area contributed by atoms with Crippen molar-refractivity contribution in [2.45, 2.75) is 0 Å². The van der Waals surface area contributed by atoms with Crippen molar-refractivity contribution in [2.24, 2.45) is 7.05 Å². The van der Waals surface area contributed by atoms with Crippen LogP contribution in [-0.2, 0) is 7.05 Å². The Hall–Kier alpha value is -3.08. The zero-order valence-electron chi connectivity index (χ0n) is 12.0. The van der Waals surface area contributed by atoms with Crippen molar-refractivity contribution in [3.8, 4) is 0 Å². The van der Waals surface area contributed by atoms with Crippen molar-refractivity contribution < 1.29 is 4.79 Å². The first-order chi connectivity index (χ1) is 10.7. The van der Waals surface area contributed by atoms with Gasteiger partial charge in [0, 0.05) is 35.4 Å². The highest BCUT2D eigenvalue weighted by Gasteiger charge is 2.08. The third kappa shape index (κ3) is 2.03. The van der Waals surface area contributed by atoms with Crippen LogP contribution in [0.1, 0.15) is 10.4 Å². The number of rotatable bonds is 2.